The van der Waals surface area contributed by atoms with Gasteiger partial charge in [-0.25, -0.2) is 0 Å². The Balaban J connectivity index is 2.15. The Hall–Kier alpha value is -1.39. The van der Waals surface area contributed by atoms with Crippen LogP contribution >= 0.6 is 0 Å². The van der Waals surface area contributed by atoms with Crippen molar-refractivity contribution in [3.63, 3.8) is 0 Å². The molecule has 0 fully saturated rings. The van der Waals surface area contributed by atoms with Crippen molar-refractivity contribution in [2.75, 3.05) is 25.1 Å². The molecule has 0 bridgehead atoms. The number of carbonyl (C=O) groups is 1. The molecule has 1 amide bonds. The fourth-order valence-electron chi connectivity index (χ4n) is 1.56. The Morgan fingerprint density at radius 2 is 2.00 bits per heavy atom. The summed E-state index contributed by atoms with van der Waals surface area (Å²) >= 11 is 0. The van der Waals surface area contributed by atoms with Crippen LogP contribution in [-0.2, 0) is 9.53 Å². The Morgan fingerprint density at radius 1 is 1.26 bits per heavy atom. The van der Waals surface area contributed by atoms with Crippen molar-refractivity contribution in [1.29, 1.82) is 0 Å². The Morgan fingerprint density at radius 3 is 2.68 bits per heavy atom. The maximum atomic E-state index is 11.9. The third-order valence-corrected chi connectivity index (χ3v) is 2.77. The van der Waals surface area contributed by atoms with Gasteiger partial charge in [0.1, 0.15) is 0 Å². The molecule has 2 N–H and O–H groups in total. The number of benzene rings is 1. The van der Waals surface area contributed by atoms with E-state index in [0.29, 0.717) is 13.2 Å². The summed E-state index contributed by atoms with van der Waals surface area (Å²) in [5.41, 5.74) is 0.820. The van der Waals surface area contributed by atoms with Crippen LogP contribution in [0.25, 0.3) is 0 Å². The van der Waals surface area contributed by atoms with Crippen LogP contribution in [0.5, 0.6) is 0 Å². The lowest BCUT2D eigenvalue weighted by Gasteiger charge is -2.14. The summed E-state index contributed by atoms with van der Waals surface area (Å²) in [4.78, 5) is 11.9. The van der Waals surface area contributed by atoms with Gasteiger partial charge >= 0.3 is 0 Å². The van der Waals surface area contributed by atoms with Gasteiger partial charge in [-0.05, 0) is 25.5 Å². The fraction of sp³-hybridized carbons (Fsp3) is 0.533. The second kappa shape index (κ2) is 9.53. The second-order valence-electron chi connectivity index (χ2n) is 4.50. The summed E-state index contributed by atoms with van der Waals surface area (Å²) in [6.45, 7) is 6.11. The Bertz CT molecular complexity index is 354. The van der Waals surface area contributed by atoms with Gasteiger partial charge in [-0.15, -0.1) is 0 Å². The van der Waals surface area contributed by atoms with Crippen LogP contribution in [0.2, 0.25) is 0 Å². The van der Waals surface area contributed by atoms with Crippen molar-refractivity contribution >= 4 is 11.6 Å². The molecule has 0 radical (unpaired) electrons. The van der Waals surface area contributed by atoms with E-state index in [1.807, 2.05) is 37.3 Å². The molecule has 1 aromatic carbocycles. The first-order valence-electron chi connectivity index (χ1n) is 6.91. The third-order valence-electron chi connectivity index (χ3n) is 2.77. The molecule has 0 saturated heterocycles. The van der Waals surface area contributed by atoms with Crippen molar-refractivity contribution in [3.8, 4) is 0 Å². The first-order valence-corrected chi connectivity index (χ1v) is 6.91. The monoisotopic (exact) mass is 264 g/mol. The van der Waals surface area contributed by atoms with Crippen LogP contribution in [0.1, 0.15) is 26.7 Å². The molecular formula is C15H24N2O2. The predicted molar refractivity (Wildman–Crippen MR) is 78.3 cm³/mol. The number of anilines is 1. The van der Waals surface area contributed by atoms with Crippen LogP contribution in [0.4, 0.5) is 5.69 Å². The highest BCUT2D eigenvalue weighted by Crippen LogP contribution is 2.05. The number of hydrogen-bond donors (Lipinski definition) is 2. The molecule has 0 heterocycles. The van der Waals surface area contributed by atoms with E-state index in [9.17, 15) is 4.79 Å². The quantitative estimate of drug-likeness (QED) is 0.673. The standard InChI is InChI=1S/C15H24N2O2/c1-3-4-11-19-12-10-16-13(2)15(18)17-14-8-6-5-7-9-14/h5-9,13,16H,3-4,10-12H2,1-2H3,(H,17,18). The molecule has 19 heavy (non-hydrogen) atoms. The molecule has 0 aliphatic rings. The van der Waals surface area contributed by atoms with E-state index in [-0.39, 0.29) is 11.9 Å². The van der Waals surface area contributed by atoms with E-state index in [1.54, 1.807) is 0 Å². The van der Waals surface area contributed by atoms with Gasteiger partial charge in [0, 0.05) is 18.8 Å². The number of hydrogen-bond acceptors (Lipinski definition) is 3. The van der Waals surface area contributed by atoms with E-state index in [0.717, 1.165) is 25.1 Å². The predicted octanol–water partition coefficient (Wildman–Crippen LogP) is 2.42. The minimum Gasteiger partial charge on any atom is -0.380 e. The van der Waals surface area contributed by atoms with Gasteiger partial charge in [-0.2, -0.15) is 0 Å². The van der Waals surface area contributed by atoms with Gasteiger partial charge in [0.05, 0.1) is 12.6 Å². The summed E-state index contributed by atoms with van der Waals surface area (Å²) < 4.78 is 5.43. The maximum Gasteiger partial charge on any atom is 0.241 e. The normalized spacial score (nSPS) is 12.1. The number of para-hydroxylation sites is 1. The molecule has 0 aromatic heterocycles. The lowest BCUT2D eigenvalue weighted by atomic mass is 10.2. The van der Waals surface area contributed by atoms with Crippen molar-refractivity contribution in [2.45, 2.75) is 32.7 Å². The average Bonchev–Trinajstić information content (AvgIpc) is 2.43. The van der Waals surface area contributed by atoms with Crippen molar-refractivity contribution in [1.82, 2.24) is 5.32 Å². The third kappa shape index (κ3) is 6.94. The molecule has 1 rings (SSSR count). The minimum atomic E-state index is -0.227. The van der Waals surface area contributed by atoms with E-state index in [1.165, 1.54) is 0 Å². The summed E-state index contributed by atoms with van der Waals surface area (Å²) in [5.74, 6) is -0.0280. The number of nitrogens with one attached hydrogen (secondary N) is 2. The van der Waals surface area contributed by atoms with Gasteiger partial charge in [-0.3, -0.25) is 4.79 Å². The number of ether oxygens (including phenoxy) is 1. The topological polar surface area (TPSA) is 50.4 Å². The molecule has 1 unspecified atom stereocenters. The molecular weight excluding hydrogens is 240 g/mol. The number of unbranched alkanes of at least 4 members (excludes halogenated alkanes) is 1. The molecule has 4 nitrogen and oxygen atoms in total. The lowest BCUT2D eigenvalue weighted by Crippen LogP contribution is -2.39. The van der Waals surface area contributed by atoms with Crippen LogP contribution in [-0.4, -0.2) is 31.7 Å². The minimum absolute atomic E-state index is 0.0280. The van der Waals surface area contributed by atoms with Crippen LogP contribution < -0.4 is 10.6 Å². The molecule has 1 aromatic rings. The fourth-order valence-corrected chi connectivity index (χ4v) is 1.56. The Kier molecular flexibility index (Phi) is 7.86. The molecule has 0 spiro atoms. The van der Waals surface area contributed by atoms with Crippen LogP contribution in [0.15, 0.2) is 30.3 Å². The first kappa shape index (κ1) is 15.7. The molecule has 106 valence electrons. The van der Waals surface area contributed by atoms with Crippen molar-refractivity contribution in [3.05, 3.63) is 30.3 Å². The van der Waals surface area contributed by atoms with Gasteiger partial charge in [-0.1, -0.05) is 31.5 Å². The lowest BCUT2D eigenvalue weighted by molar-refractivity contribution is -0.117. The zero-order valence-electron chi connectivity index (χ0n) is 11.8. The number of carbonyl (C=O) groups excluding carboxylic acids is 1. The highest BCUT2D eigenvalue weighted by molar-refractivity contribution is 5.94. The van der Waals surface area contributed by atoms with E-state index in [2.05, 4.69) is 17.6 Å². The Labute approximate surface area is 115 Å². The summed E-state index contributed by atoms with van der Waals surface area (Å²) in [6.07, 6.45) is 2.23. The zero-order valence-corrected chi connectivity index (χ0v) is 11.8. The van der Waals surface area contributed by atoms with E-state index < -0.39 is 0 Å². The highest BCUT2D eigenvalue weighted by Gasteiger charge is 2.11. The van der Waals surface area contributed by atoms with Crippen LogP contribution in [0.3, 0.4) is 0 Å². The van der Waals surface area contributed by atoms with Gasteiger partial charge in [0.2, 0.25) is 5.91 Å². The average molecular weight is 264 g/mol. The van der Waals surface area contributed by atoms with E-state index >= 15 is 0 Å². The second-order valence-corrected chi connectivity index (χ2v) is 4.50. The van der Waals surface area contributed by atoms with Gasteiger partial charge < -0.3 is 15.4 Å². The van der Waals surface area contributed by atoms with Crippen molar-refractivity contribution < 1.29 is 9.53 Å². The van der Waals surface area contributed by atoms with E-state index in [4.69, 9.17) is 4.74 Å². The molecule has 0 aliphatic heterocycles. The molecule has 0 saturated carbocycles. The summed E-state index contributed by atoms with van der Waals surface area (Å²) in [5, 5.41) is 6.00. The smallest absolute Gasteiger partial charge is 0.241 e. The van der Waals surface area contributed by atoms with Gasteiger partial charge in [0.15, 0.2) is 0 Å². The number of amides is 1. The number of rotatable bonds is 9. The molecule has 4 heteroatoms. The zero-order chi connectivity index (χ0) is 13.9. The summed E-state index contributed by atoms with van der Waals surface area (Å²) in [7, 11) is 0. The maximum absolute atomic E-state index is 11.9. The largest absolute Gasteiger partial charge is 0.380 e. The molecule has 1 atom stereocenters. The summed E-state index contributed by atoms with van der Waals surface area (Å²) in [6, 6.07) is 9.24. The van der Waals surface area contributed by atoms with Crippen molar-refractivity contribution in [2.24, 2.45) is 0 Å². The molecule has 0 aliphatic carbocycles. The SMILES string of the molecule is CCCCOCCNC(C)C(=O)Nc1ccccc1. The highest BCUT2D eigenvalue weighted by atomic mass is 16.5. The van der Waals surface area contributed by atoms with Crippen LogP contribution in [0, 0.1) is 0 Å². The first-order chi connectivity index (χ1) is 9.24. The van der Waals surface area contributed by atoms with Gasteiger partial charge in [0.25, 0.3) is 0 Å².